The lowest BCUT2D eigenvalue weighted by atomic mass is 10.2. The molecule has 13 heteroatoms. The number of anilines is 1. The highest BCUT2D eigenvalue weighted by Crippen LogP contribution is 2.28. The summed E-state index contributed by atoms with van der Waals surface area (Å²) in [6.07, 6.45) is -4.58. The Labute approximate surface area is 161 Å². The standard InChI is InChI=1S/C15H11ClF3N3O5S/c16-12-6-3-10(7-13(12)22(24)25)21-28(26,27)11-4-1-9(2-5-11)14(23)20-8-15(17,18)19/h1-7,21H,8H2,(H,20,23). The Morgan fingerprint density at radius 1 is 1.14 bits per heavy atom. The zero-order valence-corrected chi connectivity index (χ0v) is 15.2. The van der Waals surface area contributed by atoms with Gasteiger partial charge in [-0.25, -0.2) is 8.42 Å². The van der Waals surface area contributed by atoms with Crippen molar-refractivity contribution in [2.75, 3.05) is 11.3 Å². The van der Waals surface area contributed by atoms with Crippen molar-refractivity contribution in [2.45, 2.75) is 11.1 Å². The molecule has 0 heterocycles. The van der Waals surface area contributed by atoms with Crippen molar-refractivity contribution in [1.82, 2.24) is 5.32 Å². The third kappa shape index (κ3) is 5.57. The molecule has 28 heavy (non-hydrogen) atoms. The van der Waals surface area contributed by atoms with Gasteiger partial charge in [-0.1, -0.05) is 11.6 Å². The van der Waals surface area contributed by atoms with Crippen LogP contribution in [0.5, 0.6) is 0 Å². The topological polar surface area (TPSA) is 118 Å². The highest BCUT2D eigenvalue weighted by atomic mass is 35.5. The summed E-state index contributed by atoms with van der Waals surface area (Å²) in [6.45, 7) is -1.53. The van der Waals surface area contributed by atoms with Gasteiger partial charge in [0.2, 0.25) is 0 Å². The van der Waals surface area contributed by atoms with Crippen LogP contribution >= 0.6 is 11.6 Å². The Bertz CT molecular complexity index is 1010. The lowest BCUT2D eigenvalue weighted by Crippen LogP contribution is -2.33. The summed E-state index contributed by atoms with van der Waals surface area (Å²) in [4.78, 5) is 21.4. The summed E-state index contributed by atoms with van der Waals surface area (Å²) in [5.74, 6) is -1.03. The number of benzene rings is 2. The number of carbonyl (C=O) groups excluding carboxylic acids is 1. The first-order valence-electron chi connectivity index (χ1n) is 7.31. The van der Waals surface area contributed by atoms with Gasteiger partial charge in [0.25, 0.3) is 21.6 Å². The predicted octanol–water partition coefficient (Wildman–Crippen LogP) is 3.34. The Kier molecular flexibility index (Phi) is 6.14. The van der Waals surface area contributed by atoms with Crippen LogP contribution < -0.4 is 10.0 Å². The lowest BCUT2D eigenvalue weighted by molar-refractivity contribution is -0.384. The molecule has 0 aliphatic carbocycles. The van der Waals surface area contributed by atoms with E-state index in [0.717, 1.165) is 36.4 Å². The number of amides is 1. The monoisotopic (exact) mass is 437 g/mol. The highest BCUT2D eigenvalue weighted by molar-refractivity contribution is 7.92. The Balaban J connectivity index is 2.17. The van der Waals surface area contributed by atoms with E-state index in [4.69, 9.17) is 11.6 Å². The van der Waals surface area contributed by atoms with E-state index in [9.17, 15) is 36.5 Å². The van der Waals surface area contributed by atoms with Crippen LogP contribution in [0, 0.1) is 10.1 Å². The van der Waals surface area contributed by atoms with Crippen molar-refractivity contribution < 1.29 is 31.3 Å². The van der Waals surface area contributed by atoms with Gasteiger partial charge in [-0.2, -0.15) is 13.2 Å². The van der Waals surface area contributed by atoms with Crippen LogP contribution in [0.1, 0.15) is 10.4 Å². The maximum atomic E-state index is 12.3. The maximum Gasteiger partial charge on any atom is 0.405 e. The second-order valence-corrected chi connectivity index (χ2v) is 7.44. The number of hydrogen-bond donors (Lipinski definition) is 2. The molecule has 2 N–H and O–H groups in total. The molecule has 150 valence electrons. The van der Waals surface area contributed by atoms with E-state index < -0.39 is 39.3 Å². The van der Waals surface area contributed by atoms with E-state index in [1.807, 2.05) is 0 Å². The number of alkyl halides is 3. The summed E-state index contributed by atoms with van der Waals surface area (Å²) in [6, 6.07) is 7.37. The zero-order chi connectivity index (χ0) is 21.1. The van der Waals surface area contributed by atoms with Gasteiger partial charge in [0.05, 0.1) is 15.5 Å². The van der Waals surface area contributed by atoms with Crippen molar-refractivity contribution in [3.8, 4) is 0 Å². The van der Waals surface area contributed by atoms with E-state index in [1.165, 1.54) is 6.07 Å². The minimum Gasteiger partial charge on any atom is -0.343 e. The molecule has 0 fully saturated rings. The number of rotatable bonds is 6. The fraction of sp³-hybridized carbons (Fsp3) is 0.133. The van der Waals surface area contributed by atoms with E-state index in [0.29, 0.717) is 0 Å². The van der Waals surface area contributed by atoms with Crippen LogP contribution in [-0.2, 0) is 10.0 Å². The summed E-state index contributed by atoms with van der Waals surface area (Å²) < 4.78 is 63.1. The molecule has 1 amide bonds. The number of nitro benzene ring substituents is 1. The number of hydrogen-bond acceptors (Lipinski definition) is 5. The molecule has 0 aromatic heterocycles. The Hall–Kier alpha value is -2.86. The van der Waals surface area contributed by atoms with Gasteiger partial charge in [0, 0.05) is 11.6 Å². The molecule has 0 unspecified atom stereocenters. The van der Waals surface area contributed by atoms with Gasteiger partial charge in [-0.15, -0.1) is 0 Å². The molecule has 8 nitrogen and oxygen atoms in total. The van der Waals surface area contributed by atoms with E-state index in [2.05, 4.69) is 4.72 Å². The Morgan fingerprint density at radius 3 is 2.29 bits per heavy atom. The number of carbonyl (C=O) groups is 1. The van der Waals surface area contributed by atoms with Crippen molar-refractivity contribution in [3.63, 3.8) is 0 Å². The third-order valence-corrected chi connectivity index (χ3v) is 4.99. The summed E-state index contributed by atoms with van der Waals surface area (Å²) in [5, 5.41) is 12.3. The number of nitrogens with zero attached hydrogens (tertiary/aromatic N) is 1. The lowest BCUT2D eigenvalue weighted by Gasteiger charge is -2.10. The first-order chi connectivity index (χ1) is 12.9. The predicted molar refractivity (Wildman–Crippen MR) is 93.7 cm³/mol. The summed E-state index contributed by atoms with van der Waals surface area (Å²) in [7, 11) is -4.17. The second kappa shape index (κ2) is 8.02. The SMILES string of the molecule is O=C(NCC(F)(F)F)c1ccc(S(=O)(=O)Nc2ccc(Cl)c([N+](=O)[O-])c2)cc1. The van der Waals surface area contributed by atoms with Crippen LogP contribution in [0.15, 0.2) is 47.4 Å². The highest BCUT2D eigenvalue weighted by Gasteiger charge is 2.28. The molecule has 0 radical (unpaired) electrons. The molecule has 0 saturated carbocycles. The minimum absolute atomic E-state index is 0.122. The van der Waals surface area contributed by atoms with Gasteiger partial charge >= 0.3 is 6.18 Å². The van der Waals surface area contributed by atoms with Gasteiger partial charge in [0.1, 0.15) is 11.6 Å². The van der Waals surface area contributed by atoms with Gasteiger partial charge < -0.3 is 5.32 Å². The first kappa shape index (κ1) is 21.4. The third-order valence-electron chi connectivity index (χ3n) is 3.27. The molecular weight excluding hydrogens is 427 g/mol. The van der Waals surface area contributed by atoms with Crippen LogP contribution in [0.2, 0.25) is 5.02 Å². The average molecular weight is 438 g/mol. The second-order valence-electron chi connectivity index (χ2n) is 5.35. The number of nitrogens with one attached hydrogen (secondary N) is 2. The molecule has 2 rings (SSSR count). The van der Waals surface area contributed by atoms with Gasteiger partial charge in [-0.05, 0) is 36.4 Å². The van der Waals surface area contributed by atoms with E-state index in [1.54, 1.807) is 5.32 Å². The van der Waals surface area contributed by atoms with Gasteiger partial charge in [-0.3, -0.25) is 19.6 Å². The number of nitro groups is 1. The van der Waals surface area contributed by atoms with Crippen molar-refractivity contribution in [3.05, 3.63) is 63.2 Å². The molecule has 0 spiro atoms. The normalized spacial score (nSPS) is 11.7. The Morgan fingerprint density at radius 2 is 1.75 bits per heavy atom. The number of sulfonamides is 1. The van der Waals surface area contributed by atoms with Crippen molar-refractivity contribution >= 4 is 38.9 Å². The van der Waals surface area contributed by atoms with Crippen molar-refractivity contribution in [2.24, 2.45) is 0 Å². The van der Waals surface area contributed by atoms with Crippen LogP contribution in [-0.4, -0.2) is 32.0 Å². The molecule has 0 bridgehead atoms. The van der Waals surface area contributed by atoms with E-state index >= 15 is 0 Å². The number of halogens is 4. The summed E-state index contributed by atoms with van der Waals surface area (Å²) in [5.41, 5.74) is -0.799. The van der Waals surface area contributed by atoms with Crippen molar-refractivity contribution in [1.29, 1.82) is 0 Å². The maximum absolute atomic E-state index is 12.3. The van der Waals surface area contributed by atoms with Crippen LogP contribution in [0.4, 0.5) is 24.5 Å². The van der Waals surface area contributed by atoms with Gasteiger partial charge in [0.15, 0.2) is 0 Å². The quantitative estimate of drug-likeness (QED) is 0.530. The molecular formula is C15H11ClF3N3O5S. The molecule has 0 saturated heterocycles. The van der Waals surface area contributed by atoms with E-state index in [-0.39, 0.29) is 21.2 Å². The average Bonchev–Trinajstić information content (AvgIpc) is 2.60. The first-order valence-corrected chi connectivity index (χ1v) is 9.17. The summed E-state index contributed by atoms with van der Waals surface area (Å²) >= 11 is 5.65. The smallest absolute Gasteiger partial charge is 0.343 e. The molecule has 0 aliphatic heterocycles. The largest absolute Gasteiger partial charge is 0.405 e. The molecule has 2 aromatic rings. The molecule has 2 aromatic carbocycles. The fourth-order valence-electron chi connectivity index (χ4n) is 2.00. The van der Waals surface area contributed by atoms with Crippen LogP contribution in [0.3, 0.4) is 0 Å². The zero-order valence-electron chi connectivity index (χ0n) is 13.7. The fourth-order valence-corrected chi connectivity index (χ4v) is 3.23. The minimum atomic E-state index is -4.58. The molecule has 0 aliphatic rings. The van der Waals surface area contributed by atoms with Crippen LogP contribution in [0.25, 0.3) is 0 Å². The molecule has 0 atom stereocenters.